The second-order valence-electron chi connectivity index (χ2n) is 5.44. The van der Waals surface area contributed by atoms with Crippen LogP contribution in [-0.2, 0) is 13.0 Å². The lowest BCUT2D eigenvalue weighted by Gasteiger charge is -2.13. The number of amides is 1. The van der Waals surface area contributed by atoms with Gasteiger partial charge in [-0.25, -0.2) is 9.37 Å². The minimum atomic E-state index is -0.279. The third-order valence-electron chi connectivity index (χ3n) is 3.86. The van der Waals surface area contributed by atoms with Crippen LogP contribution in [0.2, 0.25) is 0 Å². The second kappa shape index (κ2) is 5.68. The van der Waals surface area contributed by atoms with Crippen molar-refractivity contribution < 1.29 is 9.18 Å². The Bertz CT molecular complexity index is 625. The molecule has 3 rings (SSSR count). The lowest BCUT2D eigenvalue weighted by atomic mass is 10.1. The van der Waals surface area contributed by atoms with E-state index in [1.165, 1.54) is 12.1 Å². The van der Waals surface area contributed by atoms with Gasteiger partial charge < -0.3 is 9.88 Å². The molecule has 110 valence electrons. The van der Waals surface area contributed by atoms with Crippen molar-refractivity contribution in [3.8, 4) is 0 Å². The molecule has 1 amide bonds. The van der Waals surface area contributed by atoms with E-state index in [-0.39, 0.29) is 17.8 Å². The molecule has 1 aliphatic heterocycles. The number of carbonyl (C=O) groups is 1. The van der Waals surface area contributed by atoms with E-state index < -0.39 is 0 Å². The highest BCUT2D eigenvalue weighted by Gasteiger charge is 2.18. The number of hydrogen-bond donors (Lipinski definition) is 1. The van der Waals surface area contributed by atoms with Crippen LogP contribution in [0.25, 0.3) is 0 Å². The van der Waals surface area contributed by atoms with Crippen molar-refractivity contribution in [1.29, 1.82) is 0 Å². The Balaban J connectivity index is 1.70. The lowest BCUT2D eigenvalue weighted by Crippen LogP contribution is -2.27. The maximum Gasteiger partial charge on any atom is 0.271 e. The summed E-state index contributed by atoms with van der Waals surface area (Å²) in [5.74, 6) is 0.522. The molecular weight excluding hydrogens is 269 g/mol. The SMILES string of the molecule is CC(NC(=O)c1cn2c(n1)CCCC2)c1ccc(F)cc1. The molecule has 4 nitrogen and oxygen atoms in total. The molecule has 2 heterocycles. The highest BCUT2D eigenvalue weighted by atomic mass is 19.1. The standard InChI is InChI=1S/C16H18FN3O/c1-11(12-5-7-13(17)8-6-12)18-16(21)14-10-20-9-3-2-4-15(20)19-14/h5-8,10-11H,2-4,9H2,1H3,(H,18,21). The summed E-state index contributed by atoms with van der Waals surface area (Å²) >= 11 is 0. The number of carbonyl (C=O) groups excluding carboxylic acids is 1. The van der Waals surface area contributed by atoms with Gasteiger partial charge in [-0.15, -0.1) is 0 Å². The first-order valence-corrected chi connectivity index (χ1v) is 7.26. The summed E-state index contributed by atoms with van der Waals surface area (Å²) in [5.41, 5.74) is 1.33. The Labute approximate surface area is 123 Å². The highest BCUT2D eigenvalue weighted by molar-refractivity contribution is 5.92. The number of rotatable bonds is 3. The average Bonchev–Trinajstić information content (AvgIpc) is 2.92. The number of nitrogens with one attached hydrogen (secondary N) is 1. The number of imidazole rings is 1. The molecule has 0 saturated heterocycles. The second-order valence-corrected chi connectivity index (χ2v) is 5.44. The van der Waals surface area contributed by atoms with Crippen LogP contribution < -0.4 is 5.32 Å². The normalized spacial score (nSPS) is 15.3. The predicted molar refractivity (Wildman–Crippen MR) is 77.4 cm³/mol. The highest BCUT2D eigenvalue weighted by Crippen LogP contribution is 2.16. The minimum absolute atomic E-state index is 0.183. The molecule has 0 fully saturated rings. The summed E-state index contributed by atoms with van der Waals surface area (Å²) in [6.07, 6.45) is 5.02. The van der Waals surface area contributed by atoms with E-state index in [4.69, 9.17) is 0 Å². The molecule has 0 aliphatic carbocycles. The Morgan fingerprint density at radius 2 is 2.10 bits per heavy atom. The van der Waals surface area contributed by atoms with Gasteiger partial charge in [-0.3, -0.25) is 4.79 Å². The molecule has 0 bridgehead atoms. The van der Waals surface area contributed by atoms with Gasteiger partial charge in [-0.2, -0.15) is 0 Å². The van der Waals surface area contributed by atoms with E-state index in [0.29, 0.717) is 5.69 Å². The first-order chi connectivity index (χ1) is 10.1. The van der Waals surface area contributed by atoms with E-state index in [1.54, 1.807) is 12.1 Å². The van der Waals surface area contributed by atoms with Crippen LogP contribution in [-0.4, -0.2) is 15.5 Å². The Morgan fingerprint density at radius 1 is 1.33 bits per heavy atom. The average molecular weight is 287 g/mol. The van der Waals surface area contributed by atoms with Crippen molar-refractivity contribution in [1.82, 2.24) is 14.9 Å². The van der Waals surface area contributed by atoms with Gasteiger partial charge in [0.15, 0.2) is 0 Å². The van der Waals surface area contributed by atoms with Crippen molar-refractivity contribution in [3.05, 3.63) is 53.4 Å². The van der Waals surface area contributed by atoms with Crippen LogP contribution in [0.15, 0.2) is 30.5 Å². The zero-order valence-corrected chi connectivity index (χ0v) is 12.0. The fraction of sp³-hybridized carbons (Fsp3) is 0.375. The molecule has 1 atom stereocenters. The number of aromatic nitrogens is 2. The Hall–Kier alpha value is -2.17. The Morgan fingerprint density at radius 3 is 2.81 bits per heavy atom. The summed E-state index contributed by atoms with van der Waals surface area (Å²) in [7, 11) is 0. The largest absolute Gasteiger partial charge is 0.344 e. The maximum absolute atomic E-state index is 12.9. The van der Waals surface area contributed by atoms with Crippen molar-refractivity contribution in [2.24, 2.45) is 0 Å². The van der Waals surface area contributed by atoms with Gasteiger partial charge in [0, 0.05) is 19.2 Å². The molecule has 21 heavy (non-hydrogen) atoms. The van der Waals surface area contributed by atoms with E-state index in [9.17, 15) is 9.18 Å². The van der Waals surface area contributed by atoms with Gasteiger partial charge in [-0.1, -0.05) is 12.1 Å². The summed E-state index contributed by atoms with van der Waals surface area (Å²) in [4.78, 5) is 16.7. The van der Waals surface area contributed by atoms with Crippen LogP contribution in [0, 0.1) is 5.82 Å². The molecule has 1 N–H and O–H groups in total. The van der Waals surface area contributed by atoms with Gasteiger partial charge >= 0.3 is 0 Å². The van der Waals surface area contributed by atoms with Gasteiger partial charge in [0.1, 0.15) is 17.3 Å². The first-order valence-electron chi connectivity index (χ1n) is 7.26. The maximum atomic E-state index is 12.9. The zero-order valence-electron chi connectivity index (χ0n) is 12.0. The quantitative estimate of drug-likeness (QED) is 0.943. The zero-order chi connectivity index (χ0) is 14.8. The lowest BCUT2D eigenvalue weighted by molar-refractivity contribution is 0.0935. The summed E-state index contributed by atoms with van der Waals surface area (Å²) in [6.45, 7) is 2.81. The van der Waals surface area contributed by atoms with Crippen molar-refractivity contribution >= 4 is 5.91 Å². The van der Waals surface area contributed by atoms with Crippen LogP contribution in [0.3, 0.4) is 0 Å². The fourth-order valence-electron chi connectivity index (χ4n) is 2.63. The van der Waals surface area contributed by atoms with Crippen molar-refractivity contribution in [2.45, 2.75) is 38.8 Å². The van der Waals surface area contributed by atoms with Crippen LogP contribution in [0.4, 0.5) is 4.39 Å². The molecule has 1 aromatic carbocycles. The predicted octanol–water partition coefficient (Wildman–Crippen LogP) is 2.85. The van der Waals surface area contributed by atoms with E-state index >= 15 is 0 Å². The summed E-state index contributed by atoms with van der Waals surface area (Å²) in [5, 5.41) is 2.90. The summed E-state index contributed by atoms with van der Waals surface area (Å²) in [6, 6.07) is 5.97. The minimum Gasteiger partial charge on any atom is -0.344 e. The molecule has 5 heteroatoms. The molecule has 1 unspecified atom stereocenters. The topological polar surface area (TPSA) is 46.9 Å². The van der Waals surface area contributed by atoms with Gasteiger partial charge in [0.05, 0.1) is 6.04 Å². The van der Waals surface area contributed by atoms with E-state index in [2.05, 4.69) is 14.9 Å². The van der Waals surface area contributed by atoms with Gasteiger partial charge in [0.25, 0.3) is 5.91 Å². The number of nitrogens with zero attached hydrogens (tertiary/aromatic N) is 2. The fourth-order valence-corrected chi connectivity index (χ4v) is 2.63. The molecule has 0 radical (unpaired) electrons. The van der Waals surface area contributed by atoms with Gasteiger partial charge in [-0.05, 0) is 37.5 Å². The molecule has 1 aromatic heterocycles. The molecule has 2 aromatic rings. The molecule has 0 spiro atoms. The number of halogens is 1. The first kappa shape index (κ1) is 13.8. The smallest absolute Gasteiger partial charge is 0.271 e. The van der Waals surface area contributed by atoms with E-state index in [0.717, 1.165) is 37.2 Å². The number of benzene rings is 1. The molecular formula is C16H18FN3O. The van der Waals surface area contributed by atoms with Crippen molar-refractivity contribution in [3.63, 3.8) is 0 Å². The van der Waals surface area contributed by atoms with Crippen LogP contribution in [0.1, 0.15) is 47.7 Å². The van der Waals surface area contributed by atoms with Crippen LogP contribution >= 0.6 is 0 Å². The molecule has 1 aliphatic rings. The van der Waals surface area contributed by atoms with Gasteiger partial charge in [0.2, 0.25) is 0 Å². The van der Waals surface area contributed by atoms with E-state index in [1.807, 2.05) is 13.1 Å². The third kappa shape index (κ3) is 2.96. The molecule has 0 saturated carbocycles. The van der Waals surface area contributed by atoms with Crippen molar-refractivity contribution in [2.75, 3.05) is 0 Å². The number of hydrogen-bond acceptors (Lipinski definition) is 2. The number of aryl methyl sites for hydroxylation is 2. The monoisotopic (exact) mass is 287 g/mol. The number of fused-ring (bicyclic) bond motifs is 1. The Kier molecular flexibility index (Phi) is 3.73. The summed E-state index contributed by atoms with van der Waals surface area (Å²) < 4.78 is 15.0. The third-order valence-corrected chi connectivity index (χ3v) is 3.86. The van der Waals surface area contributed by atoms with Crippen LogP contribution in [0.5, 0.6) is 0 Å².